The van der Waals surface area contributed by atoms with Crippen LogP contribution in [0.5, 0.6) is 0 Å². The lowest BCUT2D eigenvalue weighted by Gasteiger charge is -2.22. The molecule has 0 aliphatic carbocycles. The molecule has 68 valence electrons. The maximum Gasteiger partial charge on any atom is 0.0476 e. The van der Waals surface area contributed by atoms with Gasteiger partial charge in [-0.3, -0.25) is 0 Å². The van der Waals surface area contributed by atoms with Gasteiger partial charge in [0.25, 0.3) is 0 Å². The Bertz CT molecular complexity index is 218. The molecule has 0 saturated carbocycles. The summed E-state index contributed by atoms with van der Waals surface area (Å²) in [6, 6.07) is 4.05. The van der Waals surface area contributed by atoms with Gasteiger partial charge in [-0.15, -0.1) is 11.3 Å². The Labute approximate surface area is 77.0 Å². The lowest BCUT2D eigenvalue weighted by molar-refractivity contribution is 0.266. The van der Waals surface area contributed by atoms with Crippen LogP contribution in [0.15, 0.2) is 17.5 Å². The average Bonchev–Trinajstić information content (AvgIpc) is 2.53. The van der Waals surface area contributed by atoms with E-state index in [-0.39, 0.29) is 12.1 Å². The van der Waals surface area contributed by atoms with Crippen LogP contribution in [0, 0.1) is 0 Å². The van der Waals surface area contributed by atoms with Crippen molar-refractivity contribution in [1.29, 1.82) is 0 Å². The van der Waals surface area contributed by atoms with Crippen LogP contribution in [0.3, 0.4) is 0 Å². The predicted octanol–water partition coefficient (Wildman–Crippen LogP) is 1.69. The van der Waals surface area contributed by atoms with Crippen LogP contribution in [0.2, 0.25) is 0 Å². The highest BCUT2D eigenvalue weighted by Gasteiger charge is 2.20. The van der Waals surface area contributed by atoms with E-state index < -0.39 is 0 Å². The van der Waals surface area contributed by atoms with Gasteiger partial charge < -0.3 is 10.8 Å². The molecule has 1 unspecified atom stereocenters. The Morgan fingerprint density at radius 3 is 2.92 bits per heavy atom. The second-order valence-corrected chi connectivity index (χ2v) is 4.17. The van der Waals surface area contributed by atoms with Crippen molar-refractivity contribution in [2.75, 3.05) is 6.61 Å². The van der Waals surface area contributed by atoms with Crippen molar-refractivity contribution in [1.82, 2.24) is 0 Å². The molecule has 0 saturated heterocycles. The summed E-state index contributed by atoms with van der Waals surface area (Å²) < 4.78 is 0. The van der Waals surface area contributed by atoms with Crippen molar-refractivity contribution < 1.29 is 5.11 Å². The van der Waals surface area contributed by atoms with Crippen LogP contribution in [0.4, 0.5) is 0 Å². The highest BCUT2D eigenvalue weighted by molar-refractivity contribution is 7.10. The standard InChI is InChI=1S/C9H15NOS/c1-9(10,5-3-6-11)8-4-2-7-12-8/h2,4,7,11H,3,5-6,10H2,1H3. The van der Waals surface area contributed by atoms with Gasteiger partial charge >= 0.3 is 0 Å². The molecule has 1 aromatic heterocycles. The lowest BCUT2D eigenvalue weighted by atomic mass is 9.95. The van der Waals surface area contributed by atoms with Crippen LogP contribution >= 0.6 is 11.3 Å². The topological polar surface area (TPSA) is 46.2 Å². The molecule has 0 bridgehead atoms. The highest BCUT2D eigenvalue weighted by Crippen LogP contribution is 2.26. The molecule has 0 amide bonds. The third-order valence-corrected chi connectivity index (χ3v) is 3.09. The number of rotatable bonds is 4. The van der Waals surface area contributed by atoms with Gasteiger partial charge in [-0.2, -0.15) is 0 Å². The molecule has 0 fully saturated rings. The summed E-state index contributed by atoms with van der Waals surface area (Å²) >= 11 is 1.67. The molecule has 1 heterocycles. The minimum absolute atomic E-state index is 0.220. The molecule has 0 radical (unpaired) electrons. The van der Waals surface area contributed by atoms with Crippen molar-refractivity contribution in [3.05, 3.63) is 22.4 Å². The second kappa shape index (κ2) is 4.03. The van der Waals surface area contributed by atoms with Crippen molar-refractivity contribution in [3.63, 3.8) is 0 Å². The summed E-state index contributed by atoms with van der Waals surface area (Å²) in [7, 11) is 0. The van der Waals surface area contributed by atoms with Gasteiger partial charge in [-0.25, -0.2) is 0 Å². The third-order valence-electron chi connectivity index (χ3n) is 1.94. The van der Waals surface area contributed by atoms with E-state index in [0.29, 0.717) is 0 Å². The van der Waals surface area contributed by atoms with E-state index >= 15 is 0 Å². The summed E-state index contributed by atoms with van der Waals surface area (Å²) in [5.41, 5.74) is 5.80. The SMILES string of the molecule is CC(N)(CCCO)c1cccs1. The lowest BCUT2D eigenvalue weighted by Crippen LogP contribution is -2.32. The molecule has 1 rings (SSSR count). The number of nitrogens with two attached hydrogens (primary N) is 1. The monoisotopic (exact) mass is 185 g/mol. The van der Waals surface area contributed by atoms with E-state index in [9.17, 15) is 0 Å². The molecule has 3 N–H and O–H groups in total. The van der Waals surface area contributed by atoms with Crippen molar-refractivity contribution >= 4 is 11.3 Å². The summed E-state index contributed by atoms with van der Waals surface area (Å²) in [6.07, 6.45) is 1.61. The molecule has 1 aromatic rings. The van der Waals surface area contributed by atoms with E-state index in [1.165, 1.54) is 4.88 Å². The molecule has 0 aromatic carbocycles. The molecule has 3 heteroatoms. The predicted molar refractivity (Wildman–Crippen MR) is 52.2 cm³/mol. The van der Waals surface area contributed by atoms with Crippen molar-refractivity contribution in [3.8, 4) is 0 Å². The van der Waals surface area contributed by atoms with E-state index in [1.807, 2.05) is 24.4 Å². The fourth-order valence-corrected chi connectivity index (χ4v) is 2.01. The van der Waals surface area contributed by atoms with Gasteiger partial charge in [-0.05, 0) is 31.2 Å². The van der Waals surface area contributed by atoms with Crippen LogP contribution in [0.1, 0.15) is 24.6 Å². The molecular weight excluding hydrogens is 170 g/mol. The van der Waals surface area contributed by atoms with Crippen LogP contribution in [-0.4, -0.2) is 11.7 Å². The van der Waals surface area contributed by atoms with Crippen LogP contribution in [0.25, 0.3) is 0 Å². The minimum atomic E-state index is -0.267. The van der Waals surface area contributed by atoms with Gasteiger partial charge in [0.15, 0.2) is 0 Å². The van der Waals surface area contributed by atoms with Gasteiger partial charge in [0.05, 0.1) is 0 Å². The summed E-state index contributed by atoms with van der Waals surface area (Å²) in [4.78, 5) is 1.19. The maximum atomic E-state index is 8.67. The van der Waals surface area contributed by atoms with Crippen LogP contribution < -0.4 is 5.73 Å². The molecule has 2 nitrogen and oxygen atoms in total. The Kier molecular flexibility index (Phi) is 3.26. The molecule has 0 aliphatic heterocycles. The Hall–Kier alpha value is -0.380. The summed E-state index contributed by atoms with van der Waals surface area (Å²) in [6.45, 7) is 2.23. The second-order valence-electron chi connectivity index (χ2n) is 3.22. The summed E-state index contributed by atoms with van der Waals surface area (Å²) in [5, 5.41) is 10.7. The van der Waals surface area contributed by atoms with E-state index in [2.05, 4.69) is 0 Å². The number of hydrogen-bond acceptors (Lipinski definition) is 3. The quantitative estimate of drug-likeness (QED) is 0.750. The molecule has 0 aliphatic rings. The maximum absolute atomic E-state index is 8.67. The van der Waals surface area contributed by atoms with Gasteiger partial charge in [0, 0.05) is 17.0 Å². The first-order valence-electron chi connectivity index (χ1n) is 4.10. The first-order chi connectivity index (χ1) is 5.67. The zero-order chi connectivity index (χ0) is 9.03. The largest absolute Gasteiger partial charge is 0.396 e. The van der Waals surface area contributed by atoms with E-state index in [1.54, 1.807) is 11.3 Å². The smallest absolute Gasteiger partial charge is 0.0476 e. The van der Waals surface area contributed by atoms with E-state index in [4.69, 9.17) is 10.8 Å². The van der Waals surface area contributed by atoms with Gasteiger partial charge in [0.2, 0.25) is 0 Å². The molecule has 12 heavy (non-hydrogen) atoms. The Morgan fingerprint density at radius 1 is 1.67 bits per heavy atom. The average molecular weight is 185 g/mol. The molecular formula is C9H15NOS. The minimum Gasteiger partial charge on any atom is -0.396 e. The highest BCUT2D eigenvalue weighted by atomic mass is 32.1. The van der Waals surface area contributed by atoms with Crippen LogP contribution in [-0.2, 0) is 5.54 Å². The van der Waals surface area contributed by atoms with Crippen molar-refractivity contribution in [2.45, 2.75) is 25.3 Å². The fourth-order valence-electron chi connectivity index (χ4n) is 1.17. The van der Waals surface area contributed by atoms with E-state index in [0.717, 1.165) is 12.8 Å². The zero-order valence-corrected chi connectivity index (χ0v) is 8.10. The zero-order valence-electron chi connectivity index (χ0n) is 7.29. The van der Waals surface area contributed by atoms with Crippen molar-refractivity contribution in [2.24, 2.45) is 5.73 Å². The number of thiophene rings is 1. The molecule has 0 spiro atoms. The first-order valence-corrected chi connectivity index (χ1v) is 4.98. The molecule has 1 atom stereocenters. The normalized spacial score (nSPS) is 15.9. The van der Waals surface area contributed by atoms with Gasteiger partial charge in [-0.1, -0.05) is 6.07 Å². The number of aliphatic hydroxyl groups is 1. The number of aliphatic hydroxyl groups excluding tert-OH is 1. The summed E-state index contributed by atoms with van der Waals surface area (Å²) in [5.74, 6) is 0. The van der Waals surface area contributed by atoms with Gasteiger partial charge in [0.1, 0.15) is 0 Å². The fraction of sp³-hybridized carbons (Fsp3) is 0.556. The number of hydrogen-bond donors (Lipinski definition) is 2. The third kappa shape index (κ3) is 2.30. The Balaban J connectivity index is 2.59. The Morgan fingerprint density at radius 2 is 2.42 bits per heavy atom. The first kappa shape index (κ1) is 9.71.